The maximum atomic E-state index is 13.4. The Balaban J connectivity index is 1.47. The monoisotopic (exact) mass is 610 g/mol. The summed E-state index contributed by atoms with van der Waals surface area (Å²) in [6, 6.07) is 18.2. The van der Waals surface area contributed by atoms with Crippen LogP contribution in [0.5, 0.6) is 5.75 Å². The zero-order valence-corrected chi connectivity index (χ0v) is 25.3. The molecule has 0 aliphatic heterocycles. The van der Waals surface area contributed by atoms with E-state index in [9.17, 15) is 14.0 Å². The van der Waals surface area contributed by atoms with Gasteiger partial charge in [0.15, 0.2) is 6.10 Å². The van der Waals surface area contributed by atoms with Crippen LogP contribution in [-0.2, 0) is 16.1 Å². The van der Waals surface area contributed by atoms with Gasteiger partial charge >= 0.3 is 0 Å². The van der Waals surface area contributed by atoms with Crippen LogP contribution in [0.25, 0.3) is 10.9 Å². The number of carbonyl (C=O) groups is 2. The van der Waals surface area contributed by atoms with Crippen molar-refractivity contribution in [1.82, 2.24) is 15.3 Å². The fourth-order valence-corrected chi connectivity index (χ4v) is 5.09. The van der Waals surface area contributed by atoms with Gasteiger partial charge in [0.05, 0.1) is 11.2 Å². The molecule has 220 valence electrons. The van der Waals surface area contributed by atoms with E-state index in [2.05, 4.69) is 20.4 Å². The van der Waals surface area contributed by atoms with Gasteiger partial charge in [0.25, 0.3) is 11.8 Å². The van der Waals surface area contributed by atoms with Gasteiger partial charge in [0.1, 0.15) is 17.6 Å². The lowest BCUT2D eigenvalue weighted by molar-refractivity contribution is -0.132. The van der Waals surface area contributed by atoms with Gasteiger partial charge in [-0.3, -0.25) is 9.59 Å². The van der Waals surface area contributed by atoms with E-state index in [0.29, 0.717) is 23.7 Å². The number of hydrazone groups is 1. The molecule has 4 rings (SSSR count). The number of rotatable bonds is 11. The van der Waals surface area contributed by atoms with Crippen molar-refractivity contribution in [2.24, 2.45) is 11.0 Å². The van der Waals surface area contributed by atoms with Crippen molar-refractivity contribution in [1.29, 1.82) is 0 Å². The van der Waals surface area contributed by atoms with E-state index in [1.807, 2.05) is 45.0 Å². The van der Waals surface area contributed by atoms with E-state index < -0.39 is 24.0 Å². The maximum absolute atomic E-state index is 13.4. The van der Waals surface area contributed by atoms with Gasteiger partial charge in [-0.15, -0.1) is 0 Å². The summed E-state index contributed by atoms with van der Waals surface area (Å²) in [6.07, 6.45) is 1.10. The number of carbonyl (C=O) groups excluding carboxylic acids is 2. The van der Waals surface area contributed by atoms with Gasteiger partial charge in [-0.25, -0.2) is 9.82 Å². The minimum atomic E-state index is -0.912. The van der Waals surface area contributed by atoms with Crippen molar-refractivity contribution in [3.8, 4) is 5.75 Å². The molecule has 42 heavy (non-hydrogen) atoms. The molecule has 0 spiro atoms. The van der Waals surface area contributed by atoms with Crippen LogP contribution in [0.2, 0.25) is 10.0 Å². The van der Waals surface area contributed by atoms with Gasteiger partial charge in [-0.1, -0.05) is 67.4 Å². The molecular weight excluding hydrogens is 578 g/mol. The lowest BCUT2D eigenvalue weighted by atomic mass is 10.0. The zero-order valence-electron chi connectivity index (χ0n) is 23.8. The molecule has 0 bridgehead atoms. The maximum Gasteiger partial charge on any atom is 0.262 e. The Morgan fingerprint density at radius 3 is 2.43 bits per heavy atom. The average Bonchev–Trinajstić information content (AvgIpc) is 3.21. The van der Waals surface area contributed by atoms with Gasteiger partial charge in [-0.05, 0) is 68.1 Å². The molecule has 0 saturated heterocycles. The molecule has 0 aliphatic carbocycles. The molecule has 2 N–H and O–H groups in total. The van der Waals surface area contributed by atoms with E-state index >= 15 is 0 Å². The number of halogens is 3. The van der Waals surface area contributed by atoms with Crippen LogP contribution in [-0.4, -0.2) is 34.7 Å². The molecular formula is C32H33Cl2FN4O3. The fraction of sp³-hybridized carbons (Fsp3) is 0.281. The normalized spacial score (nSPS) is 13.0. The van der Waals surface area contributed by atoms with Crippen LogP contribution in [0.15, 0.2) is 71.8 Å². The summed E-state index contributed by atoms with van der Waals surface area (Å²) < 4.78 is 21.3. The highest BCUT2D eigenvalue weighted by atomic mass is 35.5. The molecule has 1 aromatic heterocycles. The number of nitrogens with one attached hydrogen (secondary N) is 2. The van der Waals surface area contributed by atoms with E-state index in [0.717, 1.165) is 27.7 Å². The highest BCUT2D eigenvalue weighted by Gasteiger charge is 2.25. The number of fused-ring (bicyclic) bond motifs is 1. The summed E-state index contributed by atoms with van der Waals surface area (Å²) in [5.74, 6) is -0.759. The summed E-state index contributed by atoms with van der Waals surface area (Å²) in [6.45, 7) is 8.03. The van der Waals surface area contributed by atoms with Crippen molar-refractivity contribution in [2.75, 3.05) is 0 Å². The lowest BCUT2D eigenvalue weighted by Gasteiger charge is -2.22. The minimum Gasteiger partial charge on any atom is -0.479 e. The third-order valence-electron chi connectivity index (χ3n) is 6.81. The van der Waals surface area contributed by atoms with E-state index in [1.165, 1.54) is 18.2 Å². The summed E-state index contributed by atoms with van der Waals surface area (Å²) in [4.78, 5) is 26.1. The van der Waals surface area contributed by atoms with E-state index in [4.69, 9.17) is 27.9 Å². The fourth-order valence-electron chi connectivity index (χ4n) is 4.64. The summed E-state index contributed by atoms with van der Waals surface area (Å²) >= 11 is 12.1. The Labute approximate surface area is 254 Å². The number of aromatic nitrogens is 1. The highest BCUT2D eigenvalue weighted by Crippen LogP contribution is 2.28. The first-order chi connectivity index (χ1) is 20.0. The van der Waals surface area contributed by atoms with Crippen LogP contribution in [0.1, 0.15) is 44.0 Å². The van der Waals surface area contributed by atoms with Crippen LogP contribution in [0, 0.1) is 18.7 Å². The molecule has 1 heterocycles. The molecule has 3 aromatic carbocycles. The SMILES string of the molecule is Cc1c(/C=N\NC(=O)[C@@H](CC(C)C)NC(=O)[C@H](C)Oc2ccc(Cl)cc2Cl)c2ccccc2n1Cc1ccc(F)cc1. The van der Waals surface area contributed by atoms with Crippen LogP contribution >= 0.6 is 23.2 Å². The van der Waals surface area contributed by atoms with Crippen molar-refractivity contribution in [3.63, 3.8) is 0 Å². The lowest BCUT2D eigenvalue weighted by Crippen LogP contribution is -2.49. The number of benzene rings is 3. The zero-order chi connectivity index (χ0) is 30.4. The first kappa shape index (κ1) is 31.1. The quantitative estimate of drug-likeness (QED) is 0.143. The Hall–Kier alpha value is -3.88. The molecule has 2 amide bonds. The standard InChI is InChI=1S/C32H33Cl2FN4O3/c1-19(2)15-28(37-31(40)21(4)42-30-14-11-23(33)16-27(30)34)32(41)38-36-17-26-20(3)39(29-8-6-5-7-25(26)29)18-22-9-12-24(35)13-10-22/h5-14,16-17,19,21,28H,15,18H2,1-4H3,(H,37,40)(H,38,41)/b36-17-/t21-,28+/m0/s1. The molecule has 0 aliphatic rings. The topological polar surface area (TPSA) is 84.7 Å². The molecule has 0 radical (unpaired) electrons. The second-order valence-electron chi connectivity index (χ2n) is 10.5. The Bertz CT molecular complexity index is 1600. The number of amides is 2. The second-order valence-corrected chi connectivity index (χ2v) is 11.3. The summed E-state index contributed by atoms with van der Waals surface area (Å²) in [5, 5.41) is 8.72. The average molecular weight is 612 g/mol. The molecule has 0 fully saturated rings. The summed E-state index contributed by atoms with van der Waals surface area (Å²) in [7, 11) is 0. The largest absolute Gasteiger partial charge is 0.479 e. The van der Waals surface area contributed by atoms with Crippen LogP contribution in [0.3, 0.4) is 0 Å². The molecule has 7 nitrogen and oxygen atoms in total. The predicted molar refractivity (Wildman–Crippen MR) is 166 cm³/mol. The first-order valence-electron chi connectivity index (χ1n) is 13.6. The highest BCUT2D eigenvalue weighted by molar-refractivity contribution is 6.35. The molecule has 4 aromatic rings. The molecule has 2 atom stereocenters. The first-order valence-corrected chi connectivity index (χ1v) is 14.4. The van der Waals surface area contributed by atoms with Crippen LogP contribution < -0.4 is 15.5 Å². The van der Waals surface area contributed by atoms with E-state index in [-0.39, 0.29) is 16.8 Å². The van der Waals surface area contributed by atoms with Crippen molar-refractivity contribution in [2.45, 2.75) is 52.8 Å². The number of ether oxygens (including phenoxy) is 1. The third-order valence-corrected chi connectivity index (χ3v) is 7.34. The van der Waals surface area contributed by atoms with Crippen molar-refractivity contribution >= 4 is 52.1 Å². The predicted octanol–water partition coefficient (Wildman–Crippen LogP) is 6.89. The van der Waals surface area contributed by atoms with Crippen molar-refractivity contribution in [3.05, 3.63) is 99.4 Å². The Morgan fingerprint density at radius 2 is 1.74 bits per heavy atom. The van der Waals surface area contributed by atoms with Gasteiger partial charge in [0, 0.05) is 33.7 Å². The van der Waals surface area contributed by atoms with E-state index in [1.54, 1.807) is 37.4 Å². The van der Waals surface area contributed by atoms with Crippen LogP contribution in [0.4, 0.5) is 4.39 Å². The number of para-hydroxylation sites is 1. The molecule has 10 heteroatoms. The molecule has 0 saturated carbocycles. The number of hydrogen-bond donors (Lipinski definition) is 2. The second kappa shape index (κ2) is 13.9. The third kappa shape index (κ3) is 7.69. The number of hydrogen-bond acceptors (Lipinski definition) is 4. The smallest absolute Gasteiger partial charge is 0.262 e. The number of nitrogens with zero attached hydrogens (tertiary/aromatic N) is 2. The van der Waals surface area contributed by atoms with Gasteiger partial charge in [-0.2, -0.15) is 5.10 Å². The summed E-state index contributed by atoms with van der Waals surface area (Å²) in [5.41, 5.74) is 6.33. The molecule has 0 unspecified atom stereocenters. The Morgan fingerprint density at radius 1 is 1.02 bits per heavy atom. The Kier molecular flexibility index (Phi) is 10.2. The van der Waals surface area contributed by atoms with Gasteiger partial charge < -0.3 is 14.6 Å². The minimum absolute atomic E-state index is 0.124. The van der Waals surface area contributed by atoms with Gasteiger partial charge in [0.2, 0.25) is 0 Å². The van der Waals surface area contributed by atoms with Crippen molar-refractivity contribution < 1.29 is 18.7 Å².